The Morgan fingerprint density at radius 1 is 1.45 bits per heavy atom. The van der Waals surface area contributed by atoms with Gasteiger partial charge in [0.25, 0.3) is 0 Å². The Labute approximate surface area is 118 Å². The molecule has 1 unspecified atom stereocenters. The standard InChI is InChI=1S/C13H18N2O4S/c1-2-7-14-20(18,19)15-9-10(8-13(16)17)11-5-3-4-6-12(11)15/h3-6,10,14H,2,7-9H2,1H3,(H,16,17). The third-order valence-electron chi connectivity index (χ3n) is 3.28. The lowest BCUT2D eigenvalue weighted by atomic mass is 9.98. The zero-order valence-electron chi connectivity index (χ0n) is 11.2. The summed E-state index contributed by atoms with van der Waals surface area (Å²) < 4.78 is 28.3. The van der Waals surface area contributed by atoms with E-state index in [1.165, 1.54) is 4.31 Å². The number of benzene rings is 1. The lowest BCUT2D eigenvalue weighted by molar-refractivity contribution is -0.137. The number of nitrogens with zero attached hydrogens (tertiary/aromatic N) is 1. The van der Waals surface area contributed by atoms with E-state index in [-0.39, 0.29) is 18.9 Å². The molecule has 1 aliphatic heterocycles. The van der Waals surface area contributed by atoms with Gasteiger partial charge in [-0.15, -0.1) is 0 Å². The zero-order valence-corrected chi connectivity index (χ0v) is 12.1. The SMILES string of the molecule is CCCNS(=O)(=O)N1CC(CC(=O)O)c2ccccc21. The van der Waals surface area contributed by atoms with Crippen molar-refractivity contribution in [2.75, 3.05) is 17.4 Å². The summed E-state index contributed by atoms with van der Waals surface area (Å²) in [6, 6.07) is 7.05. The van der Waals surface area contributed by atoms with Crippen LogP contribution in [-0.4, -0.2) is 32.6 Å². The largest absolute Gasteiger partial charge is 0.481 e. The highest BCUT2D eigenvalue weighted by molar-refractivity contribution is 7.90. The topological polar surface area (TPSA) is 86.7 Å². The van der Waals surface area contributed by atoms with Gasteiger partial charge in [0.15, 0.2) is 0 Å². The fourth-order valence-corrected chi connectivity index (χ4v) is 3.80. The van der Waals surface area contributed by atoms with E-state index in [0.717, 1.165) is 5.56 Å². The molecule has 1 aromatic rings. The van der Waals surface area contributed by atoms with Gasteiger partial charge in [-0.25, -0.2) is 0 Å². The maximum absolute atomic E-state index is 12.3. The van der Waals surface area contributed by atoms with E-state index in [1.807, 2.05) is 6.92 Å². The minimum atomic E-state index is -3.61. The number of aliphatic carboxylic acids is 1. The summed E-state index contributed by atoms with van der Waals surface area (Å²) >= 11 is 0. The van der Waals surface area contributed by atoms with Gasteiger partial charge in [0.05, 0.1) is 12.1 Å². The quantitative estimate of drug-likeness (QED) is 0.829. The maximum atomic E-state index is 12.3. The van der Waals surface area contributed by atoms with Crippen molar-refractivity contribution in [2.24, 2.45) is 0 Å². The van der Waals surface area contributed by atoms with E-state index in [1.54, 1.807) is 24.3 Å². The van der Waals surface area contributed by atoms with Gasteiger partial charge in [0.2, 0.25) is 0 Å². The monoisotopic (exact) mass is 298 g/mol. The summed E-state index contributed by atoms with van der Waals surface area (Å²) in [6.45, 7) is 2.42. The molecule has 0 saturated heterocycles. The summed E-state index contributed by atoms with van der Waals surface area (Å²) in [6.07, 6.45) is 0.629. The van der Waals surface area contributed by atoms with Crippen molar-refractivity contribution in [3.8, 4) is 0 Å². The molecule has 6 nitrogen and oxygen atoms in total. The molecule has 20 heavy (non-hydrogen) atoms. The highest BCUT2D eigenvalue weighted by Gasteiger charge is 2.36. The van der Waals surface area contributed by atoms with E-state index >= 15 is 0 Å². The first-order chi connectivity index (χ1) is 9.45. The number of carboxylic acid groups (broad SMARTS) is 1. The molecule has 1 aromatic carbocycles. The average Bonchev–Trinajstić information content (AvgIpc) is 2.76. The van der Waals surface area contributed by atoms with Crippen LogP contribution in [0.2, 0.25) is 0 Å². The first-order valence-electron chi connectivity index (χ1n) is 6.53. The first-order valence-corrected chi connectivity index (χ1v) is 7.97. The van der Waals surface area contributed by atoms with Gasteiger partial charge in [0.1, 0.15) is 0 Å². The molecule has 110 valence electrons. The number of hydrogen-bond acceptors (Lipinski definition) is 3. The molecule has 0 aromatic heterocycles. The Morgan fingerprint density at radius 3 is 2.80 bits per heavy atom. The smallest absolute Gasteiger partial charge is 0.304 e. The van der Waals surface area contributed by atoms with Crippen molar-refractivity contribution in [2.45, 2.75) is 25.7 Å². The highest BCUT2D eigenvalue weighted by Crippen LogP contribution is 2.39. The van der Waals surface area contributed by atoms with Crippen LogP contribution in [0, 0.1) is 0 Å². The summed E-state index contributed by atoms with van der Waals surface area (Å²) in [4.78, 5) is 10.9. The lowest BCUT2D eigenvalue weighted by Crippen LogP contribution is -2.40. The van der Waals surface area contributed by atoms with E-state index in [4.69, 9.17) is 5.11 Å². The molecule has 0 amide bonds. The van der Waals surface area contributed by atoms with E-state index in [9.17, 15) is 13.2 Å². The molecule has 1 heterocycles. The van der Waals surface area contributed by atoms with Crippen LogP contribution in [0.25, 0.3) is 0 Å². The lowest BCUT2D eigenvalue weighted by Gasteiger charge is -2.20. The number of nitrogens with one attached hydrogen (secondary N) is 1. The number of rotatable bonds is 6. The molecule has 0 aliphatic carbocycles. The number of carbonyl (C=O) groups is 1. The molecule has 2 rings (SSSR count). The molecule has 0 saturated carbocycles. The predicted molar refractivity (Wildman–Crippen MR) is 76.0 cm³/mol. The fraction of sp³-hybridized carbons (Fsp3) is 0.462. The highest BCUT2D eigenvalue weighted by atomic mass is 32.2. The Hall–Kier alpha value is -1.60. The third kappa shape index (κ3) is 2.94. The number of fused-ring (bicyclic) bond motifs is 1. The van der Waals surface area contributed by atoms with Crippen molar-refractivity contribution >= 4 is 21.9 Å². The van der Waals surface area contributed by atoms with Gasteiger partial charge in [-0.2, -0.15) is 13.1 Å². The van der Waals surface area contributed by atoms with Gasteiger partial charge in [-0.3, -0.25) is 9.10 Å². The van der Waals surface area contributed by atoms with Gasteiger partial charge in [-0.05, 0) is 18.1 Å². The molecular formula is C13H18N2O4S. The average molecular weight is 298 g/mol. The van der Waals surface area contributed by atoms with Crippen LogP contribution >= 0.6 is 0 Å². The van der Waals surface area contributed by atoms with E-state index < -0.39 is 16.2 Å². The minimum absolute atomic E-state index is 0.0726. The van der Waals surface area contributed by atoms with Crippen LogP contribution in [0.15, 0.2) is 24.3 Å². The summed E-state index contributed by atoms with van der Waals surface area (Å²) in [5, 5.41) is 8.95. The zero-order chi connectivity index (χ0) is 14.8. The fourth-order valence-electron chi connectivity index (χ4n) is 2.38. The van der Waals surface area contributed by atoms with Crippen LogP contribution in [0.1, 0.15) is 31.2 Å². The van der Waals surface area contributed by atoms with Crippen molar-refractivity contribution in [3.63, 3.8) is 0 Å². The van der Waals surface area contributed by atoms with Gasteiger partial charge in [0, 0.05) is 19.0 Å². The molecule has 2 N–H and O–H groups in total. The normalized spacial score (nSPS) is 18.1. The number of para-hydroxylation sites is 1. The Bertz CT molecular complexity index is 600. The van der Waals surface area contributed by atoms with Gasteiger partial charge < -0.3 is 5.11 Å². The molecule has 1 aliphatic rings. The maximum Gasteiger partial charge on any atom is 0.304 e. The number of carboxylic acids is 1. The van der Waals surface area contributed by atoms with E-state index in [2.05, 4.69) is 4.72 Å². The third-order valence-corrected chi connectivity index (χ3v) is 4.77. The van der Waals surface area contributed by atoms with Crippen molar-refractivity contribution in [3.05, 3.63) is 29.8 Å². The predicted octanol–water partition coefficient (Wildman–Crippen LogP) is 1.31. The first kappa shape index (κ1) is 14.8. The van der Waals surface area contributed by atoms with Crippen molar-refractivity contribution < 1.29 is 18.3 Å². The van der Waals surface area contributed by atoms with Gasteiger partial charge >= 0.3 is 16.2 Å². The molecule has 0 spiro atoms. The van der Waals surface area contributed by atoms with E-state index in [0.29, 0.717) is 18.7 Å². The summed E-state index contributed by atoms with van der Waals surface area (Å²) in [7, 11) is -3.61. The van der Waals surface area contributed by atoms with Crippen LogP contribution < -0.4 is 9.03 Å². The Morgan fingerprint density at radius 2 is 2.15 bits per heavy atom. The number of anilines is 1. The second-order valence-electron chi connectivity index (χ2n) is 4.78. The molecule has 0 radical (unpaired) electrons. The molecular weight excluding hydrogens is 280 g/mol. The van der Waals surface area contributed by atoms with Crippen LogP contribution in [-0.2, 0) is 15.0 Å². The molecule has 0 bridgehead atoms. The summed E-state index contributed by atoms with van der Waals surface area (Å²) in [5.41, 5.74) is 1.35. The minimum Gasteiger partial charge on any atom is -0.481 e. The van der Waals surface area contributed by atoms with Crippen LogP contribution in [0.5, 0.6) is 0 Å². The van der Waals surface area contributed by atoms with Crippen LogP contribution in [0.4, 0.5) is 5.69 Å². The van der Waals surface area contributed by atoms with Crippen molar-refractivity contribution in [1.82, 2.24) is 4.72 Å². The Kier molecular flexibility index (Phi) is 4.29. The molecule has 1 atom stereocenters. The van der Waals surface area contributed by atoms with Crippen molar-refractivity contribution in [1.29, 1.82) is 0 Å². The summed E-state index contributed by atoms with van der Waals surface area (Å²) in [5.74, 6) is -1.23. The second kappa shape index (κ2) is 5.80. The Balaban J connectivity index is 2.31. The molecule has 0 fully saturated rings. The van der Waals surface area contributed by atoms with Crippen LogP contribution in [0.3, 0.4) is 0 Å². The molecule has 7 heteroatoms. The van der Waals surface area contributed by atoms with Gasteiger partial charge in [-0.1, -0.05) is 25.1 Å². The second-order valence-corrected chi connectivity index (χ2v) is 6.46. The number of hydrogen-bond donors (Lipinski definition) is 2.